The molecule has 19 heavy (non-hydrogen) atoms. The number of likely N-dealkylation sites (N-methyl/N-ethyl adjacent to an activating group) is 2. The molecule has 0 fully saturated rings. The average Bonchev–Trinajstić information content (AvgIpc) is 2.76. The van der Waals surface area contributed by atoms with Crippen molar-refractivity contribution < 1.29 is 4.79 Å². The number of carbonyl (C=O) groups is 1. The SMILES string of the molecule is Cc1nnc2ccc(C(=O)N(C)CCN(C)C)cn12. The summed E-state index contributed by atoms with van der Waals surface area (Å²) in [5.41, 5.74) is 1.40. The standard InChI is InChI=1S/C13H19N5O/c1-10-14-15-12-6-5-11(9-18(10)12)13(19)17(4)8-7-16(2)3/h5-6,9H,7-8H2,1-4H3. The first kappa shape index (κ1) is 13.5. The Bertz CT molecular complexity index is 590. The molecule has 2 rings (SSSR count). The first-order valence-electron chi connectivity index (χ1n) is 6.20. The highest BCUT2D eigenvalue weighted by Gasteiger charge is 2.13. The van der Waals surface area contributed by atoms with Gasteiger partial charge in [0.1, 0.15) is 5.82 Å². The second-order valence-electron chi connectivity index (χ2n) is 4.92. The van der Waals surface area contributed by atoms with E-state index in [0.29, 0.717) is 12.1 Å². The third kappa shape index (κ3) is 2.90. The summed E-state index contributed by atoms with van der Waals surface area (Å²) in [5.74, 6) is 0.789. The van der Waals surface area contributed by atoms with Crippen LogP contribution in [0.4, 0.5) is 0 Å². The third-order valence-corrected chi connectivity index (χ3v) is 3.05. The Morgan fingerprint density at radius 2 is 1.95 bits per heavy atom. The van der Waals surface area contributed by atoms with Crippen LogP contribution in [-0.4, -0.2) is 64.5 Å². The van der Waals surface area contributed by atoms with Crippen LogP contribution in [0, 0.1) is 6.92 Å². The summed E-state index contributed by atoms with van der Waals surface area (Å²) in [7, 11) is 5.80. The van der Waals surface area contributed by atoms with Crippen molar-refractivity contribution in [2.75, 3.05) is 34.2 Å². The molecular weight excluding hydrogens is 242 g/mol. The van der Waals surface area contributed by atoms with Gasteiger partial charge in [-0.15, -0.1) is 10.2 Å². The van der Waals surface area contributed by atoms with E-state index in [1.54, 1.807) is 17.2 Å². The number of aromatic nitrogens is 3. The molecule has 0 spiro atoms. The van der Waals surface area contributed by atoms with Gasteiger partial charge in [-0.25, -0.2) is 0 Å². The molecule has 6 heteroatoms. The van der Waals surface area contributed by atoms with Gasteiger partial charge in [0.25, 0.3) is 5.91 Å². The summed E-state index contributed by atoms with van der Waals surface area (Å²) in [6, 6.07) is 3.60. The number of amides is 1. The fourth-order valence-corrected chi connectivity index (χ4v) is 1.80. The molecule has 0 N–H and O–H groups in total. The van der Waals surface area contributed by atoms with Crippen LogP contribution < -0.4 is 0 Å². The number of hydrogen-bond acceptors (Lipinski definition) is 4. The van der Waals surface area contributed by atoms with Crippen molar-refractivity contribution >= 4 is 11.6 Å². The highest BCUT2D eigenvalue weighted by molar-refractivity contribution is 5.94. The van der Waals surface area contributed by atoms with Crippen LogP contribution in [0.1, 0.15) is 16.2 Å². The van der Waals surface area contributed by atoms with E-state index < -0.39 is 0 Å². The van der Waals surface area contributed by atoms with Gasteiger partial charge in [0.15, 0.2) is 5.65 Å². The van der Waals surface area contributed by atoms with Crippen molar-refractivity contribution in [3.8, 4) is 0 Å². The molecule has 0 aromatic carbocycles. The van der Waals surface area contributed by atoms with Crippen LogP contribution in [-0.2, 0) is 0 Å². The van der Waals surface area contributed by atoms with Gasteiger partial charge in [-0.2, -0.15) is 0 Å². The fourth-order valence-electron chi connectivity index (χ4n) is 1.80. The van der Waals surface area contributed by atoms with Crippen LogP contribution in [0.3, 0.4) is 0 Å². The minimum atomic E-state index is 0.0110. The summed E-state index contributed by atoms with van der Waals surface area (Å²) >= 11 is 0. The highest BCUT2D eigenvalue weighted by Crippen LogP contribution is 2.08. The molecule has 2 aromatic heterocycles. The van der Waals surface area contributed by atoms with Crippen molar-refractivity contribution in [1.82, 2.24) is 24.4 Å². The molecule has 0 aliphatic rings. The molecule has 0 aliphatic carbocycles. The van der Waals surface area contributed by atoms with Gasteiger partial charge in [-0.05, 0) is 33.2 Å². The lowest BCUT2D eigenvalue weighted by Crippen LogP contribution is -2.33. The molecule has 0 saturated carbocycles. The number of rotatable bonds is 4. The predicted octanol–water partition coefficient (Wildman–Crippen LogP) is 0.671. The van der Waals surface area contributed by atoms with Crippen LogP contribution in [0.25, 0.3) is 5.65 Å². The minimum Gasteiger partial charge on any atom is -0.340 e. The summed E-state index contributed by atoms with van der Waals surface area (Å²) < 4.78 is 1.83. The van der Waals surface area contributed by atoms with E-state index >= 15 is 0 Å². The largest absolute Gasteiger partial charge is 0.340 e. The lowest BCUT2D eigenvalue weighted by atomic mass is 10.2. The van der Waals surface area contributed by atoms with E-state index in [9.17, 15) is 4.79 Å². The number of aryl methyl sites for hydroxylation is 1. The molecule has 102 valence electrons. The Morgan fingerprint density at radius 1 is 1.21 bits per heavy atom. The first-order valence-corrected chi connectivity index (χ1v) is 6.20. The smallest absolute Gasteiger partial charge is 0.255 e. The van der Waals surface area contributed by atoms with Crippen molar-refractivity contribution in [1.29, 1.82) is 0 Å². The maximum Gasteiger partial charge on any atom is 0.255 e. The van der Waals surface area contributed by atoms with Crippen molar-refractivity contribution in [2.45, 2.75) is 6.92 Å². The Hall–Kier alpha value is -1.95. The summed E-state index contributed by atoms with van der Waals surface area (Å²) in [6.45, 7) is 3.41. The molecule has 6 nitrogen and oxygen atoms in total. The zero-order valence-corrected chi connectivity index (χ0v) is 11.8. The molecule has 0 unspecified atom stereocenters. The highest BCUT2D eigenvalue weighted by atomic mass is 16.2. The lowest BCUT2D eigenvalue weighted by molar-refractivity contribution is 0.0786. The van der Waals surface area contributed by atoms with Crippen LogP contribution in [0.2, 0.25) is 0 Å². The maximum atomic E-state index is 12.3. The normalized spacial score (nSPS) is 11.2. The van der Waals surface area contributed by atoms with Gasteiger partial charge < -0.3 is 9.80 Å². The van der Waals surface area contributed by atoms with Gasteiger partial charge >= 0.3 is 0 Å². The second-order valence-corrected chi connectivity index (χ2v) is 4.92. The van der Waals surface area contributed by atoms with E-state index in [1.807, 2.05) is 38.5 Å². The minimum absolute atomic E-state index is 0.0110. The Labute approximate surface area is 112 Å². The topological polar surface area (TPSA) is 53.7 Å². The van der Waals surface area contributed by atoms with Gasteiger partial charge in [0, 0.05) is 26.3 Å². The quantitative estimate of drug-likeness (QED) is 0.812. The number of pyridine rings is 1. The maximum absolute atomic E-state index is 12.3. The summed E-state index contributed by atoms with van der Waals surface area (Å²) in [6.07, 6.45) is 1.79. The Morgan fingerprint density at radius 3 is 2.63 bits per heavy atom. The second kappa shape index (κ2) is 5.36. The zero-order valence-electron chi connectivity index (χ0n) is 11.8. The van der Waals surface area contributed by atoms with Crippen LogP contribution in [0.15, 0.2) is 18.3 Å². The van der Waals surface area contributed by atoms with E-state index in [2.05, 4.69) is 15.1 Å². The predicted molar refractivity (Wildman–Crippen MR) is 73.2 cm³/mol. The van der Waals surface area contributed by atoms with E-state index in [1.165, 1.54) is 0 Å². The van der Waals surface area contributed by atoms with Crippen LogP contribution in [0.5, 0.6) is 0 Å². The Kier molecular flexibility index (Phi) is 3.80. The van der Waals surface area contributed by atoms with Gasteiger partial charge in [-0.3, -0.25) is 9.20 Å². The van der Waals surface area contributed by atoms with Crippen molar-refractivity contribution in [2.24, 2.45) is 0 Å². The van der Waals surface area contributed by atoms with Gasteiger partial charge in [-0.1, -0.05) is 0 Å². The first-order chi connectivity index (χ1) is 8.99. The average molecular weight is 261 g/mol. The zero-order chi connectivity index (χ0) is 14.0. The summed E-state index contributed by atoms with van der Waals surface area (Å²) in [5, 5.41) is 7.99. The molecule has 0 radical (unpaired) electrons. The van der Waals surface area contributed by atoms with E-state index in [0.717, 1.165) is 18.0 Å². The molecule has 2 aromatic rings. The van der Waals surface area contributed by atoms with Crippen LogP contribution >= 0.6 is 0 Å². The molecule has 1 amide bonds. The lowest BCUT2D eigenvalue weighted by Gasteiger charge is -2.19. The molecule has 0 atom stereocenters. The van der Waals surface area contributed by atoms with Gasteiger partial charge in [0.05, 0.1) is 5.56 Å². The van der Waals surface area contributed by atoms with E-state index in [4.69, 9.17) is 0 Å². The van der Waals surface area contributed by atoms with Crippen molar-refractivity contribution in [3.63, 3.8) is 0 Å². The number of nitrogens with zero attached hydrogens (tertiary/aromatic N) is 5. The number of hydrogen-bond donors (Lipinski definition) is 0. The van der Waals surface area contributed by atoms with E-state index in [-0.39, 0.29) is 5.91 Å². The molecule has 0 saturated heterocycles. The Balaban J connectivity index is 2.18. The third-order valence-electron chi connectivity index (χ3n) is 3.05. The number of carbonyl (C=O) groups excluding carboxylic acids is 1. The molecule has 0 aliphatic heterocycles. The molecule has 0 bridgehead atoms. The fraction of sp³-hybridized carbons (Fsp3) is 0.462. The molecule has 2 heterocycles. The van der Waals surface area contributed by atoms with Crippen molar-refractivity contribution in [3.05, 3.63) is 29.7 Å². The number of fused-ring (bicyclic) bond motifs is 1. The monoisotopic (exact) mass is 261 g/mol. The summed E-state index contributed by atoms with van der Waals surface area (Å²) in [4.78, 5) is 16.1. The van der Waals surface area contributed by atoms with Gasteiger partial charge in [0.2, 0.25) is 0 Å². The molecular formula is C13H19N5O.